The summed E-state index contributed by atoms with van der Waals surface area (Å²) in [6.07, 6.45) is 0. The first-order chi connectivity index (χ1) is 11.7. The summed E-state index contributed by atoms with van der Waals surface area (Å²) in [5.41, 5.74) is 3.11. The Morgan fingerprint density at radius 2 is 1.83 bits per heavy atom. The van der Waals surface area contributed by atoms with Crippen LogP contribution in [-0.2, 0) is 6.61 Å². The van der Waals surface area contributed by atoms with E-state index >= 15 is 0 Å². The van der Waals surface area contributed by atoms with E-state index in [-0.39, 0.29) is 0 Å². The largest absolute Gasteiger partial charge is 0.487 e. The van der Waals surface area contributed by atoms with Crippen molar-refractivity contribution in [1.29, 1.82) is 0 Å². The summed E-state index contributed by atoms with van der Waals surface area (Å²) >= 11 is 0. The van der Waals surface area contributed by atoms with E-state index in [9.17, 15) is 0 Å². The minimum absolute atomic E-state index is 0.328. The summed E-state index contributed by atoms with van der Waals surface area (Å²) in [7, 11) is 0. The van der Waals surface area contributed by atoms with Crippen molar-refractivity contribution in [2.75, 3.05) is 0 Å². The van der Waals surface area contributed by atoms with E-state index in [0.717, 1.165) is 22.6 Å². The number of rotatable bonds is 5. The number of hydrogen-bond acceptors (Lipinski definition) is 5. The lowest BCUT2D eigenvalue weighted by atomic mass is 10.1. The van der Waals surface area contributed by atoms with Crippen molar-refractivity contribution in [1.82, 2.24) is 4.98 Å². The third-order valence-electron chi connectivity index (χ3n) is 3.71. The van der Waals surface area contributed by atoms with Crippen molar-refractivity contribution < 1.29 is 14.4 Å². The van der Waals surface area contributed by atoms with Crippen LogP contribution in [0.1, 0.15) is 23.9 Å². The Hall–Kier alpha value is -3.08. The molecule has 0 unspecified atom stereocenters. The first kappa shape index (κ1) is 15.8. The molecule has 5 heteroatoms. The highest BCUT2D eigenvalue weighted by Crippen LogP contribution is 2.22. The van der Waals surface area contributed by atoms with E-state index in [0.29, 0.717) is 24.0 Å². The zero-order valence-corrected chi connectivity index (χ0v) is 13.6. The first-order valence-corrected chi connectivity index (χ1v) is 7.61. The average Bonchev–Trinajstić information content (AvgIpc) is 3.01. The molecule has 0 aliphatic carbocycles. The molecule has 0 aliphatic rings. The predicted molar refractivity (Wildman–Crippen MR) is 91.4 cm³/mol. The van der Waals surface area contributed by atoms with E-state index in [4.69, 9.17) is 14.4 Å². The minimum Gasteiger partial charge on any atom is -0.487 e. The molecule has 0 saturated carbocycles. The zero-order chi connectivity index (χ0) is 16.9. The molecule has 0 aliphatic heterocycles. The molecule has 1 heterocycles. The highest BCUT2D eigenvalue weighted by atomic mass is 16.5. The van der Waals surface area contributed by atoms with Gasteiger partial charge in [-0.25, -0.2) is 4.98 Å². The normalized spacial score (nSPS) is 11.5. The molecule has 0 saturated heterocycles. The van der Waals surface area contributed by atoms with Gasteiger partial charge in [0.1, 0.15) is 23.8 Å². The van der Waals surface area contributed by atoms with Gasteiger partial charge in [0.2, 0.25) is 5.89 Å². The van der Waals surface area contributed by atoms with E-state index < -0.39 is 0 Å². The molecule has 2 aromatic carbocycles. The molecule has 122 valence electrons. The van der Waals surface area contributed by atoms with Crippen molar-refractivity contribution in [3.63, 3.8) is 0 Å². The Morgan fingerprint density at radius 3 is 2.50 bits per heavy atom. The molecule has 24 heavy (non-hydrogen) atoms. The van der Waals surface area contributed by atoms with E-state index in [1.807, 2.05) is 61.5 Å². The van der Waals surface area contributed by atoms with Crippen LogP contribution in [0.15, 0.2) is 64.2 Å². The quantitative estimate of drug-likeness (QED) is 0.429. The third-order valence-corrected chi connectivity index (χ3v) is 3.71. The van der Waals surface area contributed by atoms with Crippen molar-refractivity contribution in [2.45, 2.75) is 20.5 Å². The topological polar surface area (TPSA) is 67.9 Å². The van der Waals surface area contributed by atoms with Gasteiger partial charge in [-0.05, 0) is 55.8 Å². The van der Waals surface area contributed by atoms with Crippen LogP contribution < -0.4 is 4.74 Å². The van der Waals surface area contributed by atoms with Crippen molar-refractivity contribution in [3.05, 3.63) is 71.6 Å². The zero-order valence-electron chi connectivity index (χ0n) is 13.6. The molecule has 0 atom stereocenters. The Kier molecular flexibility index (Phi) is 4.61. The maximum atomic E-state index is 8.77. The smallest absolute Gasteiger partial charge is 0.226 e. The number of oxazole rings is 1. The SMILES string of the molecule is C/C(=N\O)c1ccc(OCc2nc(-c3ccccc3)oc2C)cc1. The predicted octanol–water partition coefficient (Wildman–Crippen LogP) is 4.43. The molecule has 3 rings (SSSR count). The number of oxime groups is 1. The molecular weight excluding hydrogens is 304 g/mol. The summed E-state index contributed by atoms with van der Waals surface area (Å²) in [5, 5.41) is 12.0. The molecule has 0 fully saturated rings. The van der Waals surface area contributed by atoms with Gasteiger partial charge in [0.15, 0.2) is 0 Å². The van der Waals surface area contributed by atoms with Gasteiger partial charge in [0.05, 0.1) is 5.71 Å². The van der Waals surface area contributed by atoms with Gasteiger partial charge in [-0.15, -0.1) is 0 Å². The molecule has 0 radical (unpaired) electrons. The van der Waals surface area contributed by atoms with Gasteiger partial charge in [-0.1, -0.05) is 23.4 Å². The fourth-order valence-corrected chi connectivity index (χ4v) is 2.27. The number of aryl methyl sites for hydroxylation is 1. The van der Waals surface area contributed by atoms with Crippen LogP contribution in [0.2, 0.25) is 0 Å². The number of nitrogens with zero attached hydrogens (tertiary/aromatic N) is 2. The van der Waals surface area contributed by atoms with E-state index in [1.54, 1.807) is 6.92 Å². The fraction of sp³-hybridized carbons (Fsp3) is 0.158. The summed E-state index contributed by atoms with van der Waals surface area (Å²) in [5.74, 6) is 2.05. The third kappa shape index (κ3) is 3.46. The molecule has 5 nitrogen and oxygen atoms in total. The van der Waals surface area contributed by atoms with E-state index in [2.05, 4.69) is 10.1 Å². The molecule has 0 spiro atoms. The second-order valence-electron chi connectivity index (χ2n) is 5.39. The monoisotopic (exact) mass is 322 g/mol. The minimum atomic E-state index is 0.328. The lowest BCUT2D eigenvalue weighted by Crippen LogP contribution is -1.99. The second-order valence-corrected chi connectivity index (χ2v) is 5.39. The van der Waals surface area contributed by atoms with Crippen LogP contribution in [0.25, 0.3) is 11.5 Å². The molecule has 0 bridgehead atoms. The number of ether oxygens (including phenoxy) is 1. The molecule has 0 amide bonds. The van der Waals surface area contributed by atoms with Gasteiger partial charge in [0.25, 0.3) is 0 Å². The standard InChI is InChI=1S/C19H18N2O3/c1-13(21-22)15-8-10-17(11-9-15)23-12-18-14(2)24-19(20-18)16-6-4-3-5-7-16/h3-11,22H,12H2,1-2H3/b21-13+. The summed E-state index contributed by atoms with van der Waals surface area (Å²) in [4.78, 5) is 4.51. The van der Waals surface area contributed by atoms with Gasteiger partial charge >= 0.3 is 0 Å². The van der Waals surface area contributed by atoms with Crippen molar-refractivity contribution >= 4 is 5.71 Å². The average molecular weight is 322 g/mol. The Labute approximate surface area is 140 Å². The van der Waals surface area contributed by atoms with Crippen LogP contribution in [0.3, 0.4) is 0 Å². The first-order valence-electron chi connectivity index (χ1n) is 7.61. The van der Waals surface area contributed by atoms with Crippen molar-refractivity contribution in [3.8, 4) is 17.2 Å². The highest BCUT2D eigenvalue weighted by molar-refractivity contribution is 5.98. The Bertz CT molecular complexity index is 837. The molecule has 1 N–H and O–H groups in total. The highest BCUT2D eigenvalue weighted by Gasteiger charge is 2.11. The van der Waals surface area contributed by atoms with Crippen LogP contribution >= 0.6 is 0 Å². The summed E-state index contributed by atoms with van der Waals surface area (Å²) < 4.78 is 11.5. The lowest BCUT2D eigenvalue weighted by Gasteiger charge is -2.05. The summed E-state index contributed by atoms with van der Waals surface area (Å²) in [6, 6.07) is 17.1. The second kappa shape index (κ2) is 7.00. The number of hydrogen-bond donors (Lipinski definition) is 1. The van der Waals surface area contributed by atoms with Crippen LogP contribution in [0, 0.1) is 6.92 Å². The van der Waals surface area contributed by atoms with E-state index in [1.165, 1.54) is 0 Å². The molecular formula is C19H18N2O3. The maximum Gasteiger partial charge on any atom is 0.226 e. The van der Waals surface area contributed by atoms with Gasteiger partial charge in [-0.3, -0.25) is 0 Å². The molecule has 1 aromatic heterocycles. The number of aromatic nitrogens is 1. The Balaban J connectivity index is 1.70. The van der Waals surface area contributed by atoms with Crippen LogP contribution in [0.4, 0.5) is 0 Å². The number of benzene rings is 2. The van der Waals surface area contributed by atoms with Crippen LogP contribution in [-0.4, -0.2) is 15.9 Å². The summed E-state index contributed by atoms with van der Waals surface area (Å²) in [6.45, 7) is 3.94. The lowest BCUT2D eigenvalue weighted by molar-refractivity contribution is 0.299. The van der Waals surface area contributed by atoms with Gasteiger partial charge in [-0.2, -0.15) is 0 Å². The Morgan fingerprint density at radius 1 is 1.12 bits per heavy atom. The van der Waals surface area contributed by atoms with Gasteiger partial charge < -0.3 is 14.4 Å². The fourth-order valence-electron chi connectivity index (χ4n) is 2.27. The maximum absolute atomic E-state index is 8.77. The van der Waals surface area contributed by atoms with Crippen molar-refractivity contribution in [2.24, 2.45) is 5.16 Å². The van der Waals surface area contributed by atoms with Crippen LogP contribution in [0.5, 0.6) is 5.75 Å². The molecule has 3 aromatic rings. The van der Waals surface area contributed by atoms with Gasteiger partial charge in [0, 0.05) is 5.56 Å².